The van der Waals surface area contributed by atoms with Crippen molar-refractivity contribution in [2.24, 2.45) is 5.92 Å². The number of hydrogen-bond acceptors (Lipinski definition) is 4. The molecule has 0 spiro atoms. The van der Waals surface area contributed by atoms with E-state index in [1.165, 1.54) is 38.5 Å². The fraction of sp³-hybridized carbons (Fsp3) is 0.941. The minimum atomic E-state index is -0.225. The molecule has 0 saturated heterocycles. The first kappa shape index (κ1) is 15.3. The van der Waals surface area contributed by atoms with Gasteiger partial charge in [0.05, 0.1) is 12.7 Å². The van der Waals surface area contributed by atoms with Gasteiger partial charge in [-0.1, -0.05) is 6.42 Å². The molecule has 3 fully saturated rings. The normalized spacial score (nSPS) is 32.5. The minimum Gasteiger partial charge on any atom is -0.383 e. The van der Waals surface area contributed by atoms with Gasteiger partial charge in [-0.05, 0) is 57.4 Å². The Balaban J connectivity index is 1.53. The summed E-state index contributed by atoms with van der Waals surface area (Å²) in [6.07, 6.45) is 9.85. The highest BCUT2D eigenvalue weighted by Gasteiger charge is 2.46. The second kappa shape index (κ2) is 6.64. The van der Waals surface area contributed by atoms with Gasteiger partial charge in [0.1, 0.15) is 5.54 Å². The molecule has 0 aromatic carbocycles. The van der Waals surface area contributed by atoms with E-state index in [0.717, 1.165) is 38.6 Å². The molecule has 2 atom stereocenters. The van der Waals surface area contributed by atoms with E-state index in [9.17, 15) is 5.26 Å². The topological polar surface area (TPSA) is 48.3 Å². The number of ether oxygens (including phenoxy) is 1. The van der Waals surface area contributed by atoms with Crippen LogP contribution in [0, 0.1) is 17.2 Å². The van der Waals surface area contributed by atoms with Gasteiger partial charge in [-0.25, -0.2) is 0 Å². The third kappa shape index (κ3) is 3.77. The first-order valence-electron chi connectivity index (χ1n) is 8.69. The Morgan fingerprint density at radius 2 is 2.05 bits per heavy atom. The number of nitrogens with one attached hydrogen (secondary N) is 1. The third-order valence-electron chi connectivity index (χ3n) is 5.47. The van der Waals surface area contributed by atoms with Crippen molar-refractivity contribution in [3.8, 4) is 6.07 Å². The predicted octanol–water partition coefficient (Wildman–Crippen LogP) is 2.30. The van der Waals surface area contributed by atoms with Crippen molar-refractivity contribution >= 4 is 0 Å². The maximum Gasteiger partial charge on any atom is 0.109 e. The van der Waals surface area contributed by atoms with Gasteiger partial charge < -0.3 is 4.74 Å². The Morgan fingerprint density at radius 3 is 2.67 bits per heavy atom. The third-order valence-corrected chi connectivity index (χ3v) is 5.47. The molecule has 3 saturated carbocycles. The molecule has 3 aliphatic rings. The van der Waals surface area contributed by atoms with Gasteiger partial charge in [-0.15, -0.1) is 0 Å². The van der Waals surface area contributed by atoms with Crippen molar-refractivity contribution in [2.75, 3.05) is 26.8 Å². The zero-order valence-electron chi connectivity index (χ0n) is 13.3. The van der Waals surface area contributed by atoms with Gasteiger partial charge in [0, 0.05) is 25.7 Å². The summed E-state index contributed by atoms with van der Waals surface area (Å²) < 4.78 is 5.24. The quantitative estimate of drug-likeness (QED) is 0.708. The highest BCUT2D eigenvalue weighted by molar-refractivity contribution is 5.16. The van der Waals surface area contributed by atoms with Gasteiger partial charge >= 0.3 is 0 Å². The van der Waals surface area contributed by atoms with Gasteiger partial charge in [0.25, 0.3) is 0 Å². The highest BCUT2D eigenvalue weighted by atomic mass is 16.5. The summed E-state index contributed by atoms with van der Waals surface area (Å²) in [6.45, 7) is 3.00. The molecule has 0 radical (unpaired) electrons. The lowest BCUT2D eigenvalue weighted by Crippen LogP contribution is -2.49. The molecular formula is C17H29N3O. The molecule has 0 amide bonds. The SMILES string of the molecule is COCCN(CCC1CCCC1(C#N)NC1CC1)C1CC1. The molecule has 3 rings (SSSR count). The Hall–Kier alpha value is -0.630. The fourth-order valence-corrected chi connectivity index (χ4v) is 3.88. The van der Waals surface area contributed by atoms with Crippen LogP contribution in [0.4, 0.5) is 0 Å². The molecule has 4 nitrogen and oxygen atoms in total. The Kier molecular flexibility index (Phi) is 4.83. The van der Waals surface area contributed by atoms with Crippen LogP contribution < -0.4 is 5.32 Å². The van der Waals surface area contributed by atoms with Gasteiger partial charge in [-0.2, -0.15) is 5.26 Å². The van der Waals surface area contributed by atoms with Crippen molar-refractivity contribution in [3.63, 3.8) is 0 Å². The predicted molar refractivity (Wildman–Crippen MR) is 82.9 cm³/mol. The second-order valence-electron chi connectivity index (χ2n) is 7.14. The summed E-state index contributed by atoms with van der Waals surface area (Å²) in [5.41, 5.74) is -0.225. The molecule has 1 N–H and O–H groups in total. The smallest absolute Gasteiger partial charge is 0.109 e. The van der Waals surface area contributed by atoms with E-state index in [1.54, 1.807) is 7.11 Å². The molecule has 0 heterocycles. The average Bonchev–Trinajstić information content (AvgIpc) is 3.39. The number of nitrogens with zero attached hydrogens (tertiary/aromatic N) is 2. The summed E-state index contributed by atoms with van der Waals surface area (Å²) >= 11 is 0. The van der Waals surface area contributed by atoms with E-state index >= 15 is 0 Å². The van der Waals surface area contributed by atoms with Crippen LogP contribution in [0.3, 0.4) is 0 Å². The first-order valence-corrected chi connectivity index (χ1v) is 8.69. The lowest BCUT2D eigenvalue weighted by atomic mass is 9.85. The van der Waals surface area contributed by atoms with Gasteiger partial charge in [-0.3, -0.25) is 10.2 Å². The van der Waals surface area contributed by atoms with Crippen molar-refractivity contribution in [3.05, 3.63) is 0 Å². The second-order valence-corrected chi connectivity index (χ2v) is 7.14. The van der Waals surface area contributed by atoms with Gasteiger partial charge in [0.2, 0.25) is 0 Å². The molecule has 21 heavy (non-hydrogen) atoms. The Bertz CT molecular complexity index is 386. The molecule has 0 aromatic rings. The molecule has 3 aliphatic carbocycles. The summed E-state index contributed by atoms with van der Waals surface area (Å²) in [4.78, 5) is 2.58. The zero-order chi connectivity index (χ0) is 14.7. The van der Waals surface area contributed by atoms with Crippen LogP contribution in [0.2, 0.25) is 0 Å². The van der Waals surface area contributed by atoms with E-state index in [4.69, 9.17) is 4.74 Å². The molecular weight excluding hydrogens is 262 g/mol. The Labute approximate surface area is 128 Å². The van der Waals surface area contributed by atoms with Crippen molar-refractivity contribution in [1.82, 2.24) is 10.2 Å². The fourth-order valence-electron chi connectivity index (χ4n) is 3.88. The van der Waals surface area contributed by atoms with E-state index in [0.29, 0.717) is 12.0 Å². The number of rotatable bonds is 9. The summed E-state index contributed by atoms with van der Waals surface area (Å²) in [5, 5.41) is 13.4. The monoisotopic (exact) mass is 291 g/mol. The molecule has 118 valence electrons. The molecule has 4 heteroatoms. The number of methoxy groups -OCH3 is 1. The van der Waals surface area contributed by atoms with Crippen molar-refractivity contribution in [2.45, 2.75) is 69.0 Å². The van der Waals surface area contributed by atoms with Crippen LogP contribution >= 0.6 is 0 Å². The molecule has 0 aliphatic heterocycles. The van der Waals surface area contributed by atoms with Gasteiger partial charge in [0.15, 0.2) is 0 Å². The van der Waals surface area contributed by atoms with Crippen LogP contribution in [0.25, 0.3) is 0 Å². The number of nitriles is 1. The van der Waals surface area contributed by atoms with Crippen molar-refractivity contribution < 1.29 is 4.74 Å². The van der Waals surface area contributed by atoms with Crippen LogP contribution in [0.1, 0.15) is 51.4 Å². The maximum atomic E-state index is 9.75. The lowest BCUT2D eigenvalue weighted by Gasteiger charge is -2.32. The summed E-state index contributed by atoms with van der Waals surface area (Å²) in [7, 11) is 1.78. The zero-order valence-corrected chi connectivity index (χ0v) is 13.3. The highest BCUT2D eigenvalue weighted by Crippen LogP contribution is 2.40. The standard InChI is InChI=1S/C17H29N3O/c1-21-12-11-20(16-6-7-16)10-8-14-3-2-9-17(14,13-18)19-15-4-5-15/h14-16,19H,2-12H2,1H3. The van der Waals surface area contributed by atoms with Crippen LogP contribution in [0.5, 0.6) is 0 Å². The van der Waals surface area contributed by atoms with E-state index in [-0.39, 0.29) is 5.54 Å². The maximum absolute atomic E-state index is 9.75. The summed E-state index contributed by atoms with van der Waals surface area (Å²) in [6, 6.07) is 4.07. The van der Waals surface area contributed by atoms with Crippen LogP contribution in [0.15, 0.2) is 0 Å². The molecule has 0 aromatic heterocycles. The van der Waals surface area contributed by atoms with Crippen molar-refractivity contribution in [1.29, 1.82) is 5.26 Å². The lowest BCUT2D eigenvalue weighted by molar-refractivity contribution is 0.135. The first-order chi connectivity index (χ1) is 10.3. The van der Waals surface area contributed by atoms with E-state index in [1.807, 2.05) is 0 Å². The Morgan fingerprint density at radius 1 is 1.24 bits per heavy atom. The molecule has 2 unspecified atom stereocenters. The van der Waals surface area contributed by atoms with Crippen LogP contribution in [-0.2, 0) is 4.74 Å². The summed E-state index contributed by atoms with van der Waals surface area (Å²) in [5.74, 6) is 0.534. The molecule has 0 bridgehead atoms. The van der Waals surface area contributed by atoms with Crippen LogP contribution in [-0.4, -0.2) is 49.3 Å². The largest absolute Gasteiger partial charge is 0.383 e. The van der Waals surface area contributed by atoms with E-state index < -0.39 is 0 Å². The minimum absolute atomic E-state index is 0.225. The number of hydrogen-bond donors (Lipinski definition) is 1. The average molecular weight is 291 g/mol. The van der Waals surface area contributed by atoms with E-state index in [2.05, 4.69) is 16.3 Å².